The zero-order valence-electron chi connectivity index (χ0n) is 29.0. The lowest BCUT2D eigenvalue weighted by Crippen LogP contribution is -2.60. The van der Waals surface area contributed by atoms with Crippen LogP contribution in [-0.4, -0.2) is 167 Å². The number of phenols is 1. The first-order valence-corrected chi connectivity index (χ1v) is 16.6. The molecule has 0 aromatic heterocycles. The molecule has 18 nitrogen and oxygen atoms in total. The fraction of sp³-hybridized carbons (Fsp3) is 0.647. The molecule has 13 atom stereocenters. The fourth-order valence-corrected chi connectivity index (χ4v) is 7.21. The number of hydrogen-bond donors (Lipinski definition) is 10. The van der Waals surface area contributed by atoms with E-state index in [1.54, 1.807) is 18.2 Å². The van der Waals surface area contributed by atoms with E-state index in [2.05, 4.69) is 0 Å². The topological polar surface area (TPSA) is 276 Å². The molecule has 13 unspecified atom stereocenters. The summed E-state index contributed by atoms with van der Waals surface area (Å²) in [5.41, 5.74) is 1.55. The molecular weight excluding hydrogens is 696 g/mol. The second-order valence-electron chi connectivity index (χ2n) is 12.9. The van der Waals surface area contributed by atoms with Gasteiger partial charge in [0, 0.05) is 18.1 Å². The molecule has 2 fully saturated rings. The first kappa shape index (κ1) is 40.0. The molecule has 1 aliphatic carbocycles. The summed E-state index contributed by atoms with van der Waals surface area (Å²) in [7, 11) is 5.40. The summed E-state index contributed by atoms with van der Waals surface area (Å²) in [6.45, 7) is -1.98. The van der Waals surface area contributed by atoms with Crippen molar-refractivity contribution in [1.82, 2.24) is 0 Å². The highest BCUT2D eigenvalue weighted by atomic mass is 16.7. The summed E-state index contributed by atoms with van der Waals surface area (Å²) < 4.78 is 45.9. The molecule has 292 valence electrons. The molecule has 52 heavy (non-hydrogen) atoms. The first-order valence-electron chi connectivity index (χ1n) is 16.6. The minimum Gasteiger partial charge on any atom is -0.502 e. The lowest BCUT2D eigenvalue weighted by atomic mass is 9.66. The van der Waals surface area contributed by atoms with Crippen LogP contribution >= 0.6 is 0 Å². The van der Waals surface area contributed by atoms with Crippen molar-refractivity contribution >= 4 is 0 Å². The standard InChI is InChI=1S/C34H48O18/c1-45-17-6-14(7-18(46-2)24(17)38)22-16(12-49-33-29(43)27(41)25(39)20(10-36)50-33)15(9-35)5-13-8-19(47-3)31(32(48-4)23(13)22)52-34-30(44)28(42)26(40)21(11-37)51-34/h6-8,15-16,20-22,25-30,33-44H,5,9-12H2,1-4H3. The smallest absolute Gasteiger partial charge is 0.229 e. The van der Waals surface area contributed by atoms with Crippen molar-refractivity contribution in [3.05, 3.63) is 34.9 Å². The third-order valence-electron chi connectivity index (χ3n) is 10.1. The van der Waals surface area contributed by atoms with E-state index in [4.69, 9.17) is 37.9 Å². The van der Waals surface area contributed by atoms with E-state index in [-0.39, 0.29) is 54.1 Å². The van der Waals surface area contributed by atoms with E-state index in [1.165, 1.54) is 28.4 Å². The largest absolute Gasteiger partial charge is 0.502 e. The summed E-state index contributed by atoms with van der Waals surface area (Å²) in [4.78, 5) is 0. The third-order valence-corrected chi connectivity index (χ3v) is 10.1. The Morgan fingerprint density at radius 3 is 1.67 bits per heavy atom. The maximum Gasteiger partial charge on any atom is 0.229 e. The van der Waals surface area contributed by atoms with Gasteiger partial charge in [0.05, 0.1) is 48.3 Å². The molecule has 5 rings (SSSR count). The van der Waals surface area contributed by atoms with Crippen molar-refractivity contribution in [2.24, 2.45) is 11.8 Å². The molecule has 0 spiro atoms. The quantitative estimate of drug-likeness (QED) is 0.100. The molecule has 0 bridgehead atoms. The van der Waals surface area contributed by atoms with Crippen molar-refractivity contribution in [2.45, 2.75) is 73.8 Å². The molecule has 2 aromatic rings. The summed E-state index contributed by atoms with van der Waals surface area (Å²) >= 11 is 0. The highest BCUT2D eigenvalue weighted by Crippen LogP contribution is 2.55. The Kier molecular flexibility index (Phi) is 12.9. The maximum absolute atomic E-state index is 10.8. The van der Waals surface area contributed by atoms with Gasteiger partial charge in [-0.05, 0) is 47.6 Å². The number of methoxy groups -OCH3 is 4. The number of rotatable bonds is 13. The van der Waals surface area contributed by atoms with E-state index in [9.17, 15) is 51.1 Å². The zero-order valence-corrected chi connectivity index (χ0v) is 29.0. The normalized spacial score (nSPS) is 34.7. The Bertz CT molecular complexity index is 1480. The summed E-state index contributed by atoms with van der Waals surface area (Å²) in [5, 5.41) is 104. The predicted molar refractivity (Wildman–Crippen MR) is 174 cm³/mol. The Labute approximate surface area is 298 Å². The minimum atomic E-state index is -1.77. The van der Waals surface area contributed by atoms with Crippen molar-refractivity contribution in [1.29, 1.82) is 0 Å². The summed E-state index contributed by atoms with van der Waals surface area (Å²) in [6, 6.07) is 4.74. The molecule has 2 saturated heterocycles. The summed E-state index contributed by atoms with van der Waals surface area (Å²) in [6.07, 6.45) is -15.6. The summed E-state index contributed by atoms with van der Waals surface area (Å²) in [5.74, 6) is -2.20. The molecule has 18 heteroatoms. The lowest BCUT2D eigenvalue weighted by molar-refractivity contribution is -0.304. The lowest BCUT2D eigenvalue weighted by Gasteiger charge is -2.43. The van der Waals surface area contributed by atoms with Crippen molar-refractivity contribution in [2.75, 3.05) is 54.9 Å². The Hall–Kier alpha value is -3.24. The number of fused-ring (bicyclic) bond motifs is 1. The second-order valence-corrected chi connectivity index (χ2v) is 12.9. The van der Waals surface area contributed by atoms with E-state index in [1.807, 2.05) is 0 Å². The van der Waals surface area contributed by atoms with Gasteiger partial charge in [-0.2, -0.15) is 0 Å². The average molecular weight is 745 g/mol. The SMILES string of the molecule is COc1cc(C2c3c(cc(OC)c(OC4OC(CO)C(O)C(O)C4O)c3OC)CC(CO)C2COC2OC(CO)C(O)C(O)C2O)cc(OC)c1O. The fourth-order valence-electron chi connectivity index (χ4n) is 7.21. The molecule has 10 N–H and O–H groups in total. The van der Waals surface area contributed by atoms with Gasteiger partial charge >= 0.3 is 0 Å². The monoisotopic (exact) mass is 744 g/mol. The van der Waals surface area contributed by atoms with Crippen LogP contribution in [0.5, 0.6) is 34.5 Å². The van der Waals surface area contributed by atoms with Crippen molar-refractivity contribution in [3.8, 4) is 34.5 Å². The van der Waals surface area contributed by atoms with Gasteiger partial charge in [-0.25, -0.2) is 0 Å². The van der Waals surface area contributed by atoms with Gasteiger partial charge in [0.2, 0.25) is 17.8 Å². The number of ether oxygens (including phenoxy) is 8. The first-order chi connectivity index (χ1) is 24.9. The number of phenolic OH excluding ortho intramolecular Hbond substituents is 1. The Balaban J connectivity index is 1.66. The van der Waals surface area contributed by atoms with E-state index in [0.29, 0.717) is 16.7 Å². The Morgan fingerprint density at radius 1 is 0.635 bits per heavy atom. The van der Waals surface area contributed by atoms with Crippen LogP contribution in [0.15, 0.2) is 18.2 Å². The molecule has 0 amide bonds. The molecular formula is C34H48O18. The number of aliphatic hydroxyl groups is 9. The number of aromatic hydroxyl groups is 1. The van der Waals surface area contributed by atoms with Crippen LogP contribution in [0.4, 0.5) is 0 Å². The number of benzene rings is 2. The van der Waals surface area contributed by atoms with Crippen LogP contribution in [0.25, 0.3) is 0 Å². The van der Waals surface area contributed by atoms with Gasteiger partial charge < -0.3 is 89.0 Å². The minimum absolute atomic E-state index is 0.0425. The van der Waals surface area contributed by atoms with Crippen LogP contribution < -0.4 is 23.7 Å². The van der Waals surface area contributed by atoms with Crippen LogP contribution in [0.3, 0.4) is 0 Å². The van der Waals surface area contributed by atoms with Crippen LogP contribution in [-0.2, 0) is 20.6 Å². The van der Waals surface area contributed by atoms with Gasteiger partial charge in [-0.1, -0.05) is 0 Å². The second kappa shape index (κ2) is 16.8. The maximum atomic E-state index is 10.8. The highest BCUT2D eigenvalue weighted by molar-refractivity contribution is 5.64. The average Bonchev–Trinajstić information content (AvgIpc) is 3.16. The molecule has 2 aliphatic heterocycles. The van der Waals surface area contributed by atoms with Gasteiger partial charge in [0.25, 0.3) is 0 Å². The molecule has 2 aromatic carbocycles. The van der Waals surface area contributed by atoms with Gasteiger partial charge in [-0.3, -0.25) is 0 Å². The van der Waals surface area contributed by atoms with E-state index < -0.39 is 92.4 Å². The zero-order chi connectivity index (χ0) is 38.0. The van der Waals surface area contributed by atoms with Crippen molar-refractivity contribution < 1.29 is 89.0 Å². The van der Waals surface area contributed by atoms with Gasteiger partial charge in [0.1, 0.15) is 48.8 Å². The molecule has 3 aliphatic rings. The predicted octanol–water partition coefficient (Wildman–Crippen LogP) is -2.67. The van der Waals surface area contributed by atoms with E-state index >= 15 is 0 Å². The van der Waals surface area contributed by atoms with Crippen molar-refractivity contribution in [3.63, 3.8) is 0 Å². The molecule has 0 saturated carbocycles. The van der Waals surface area contributed by atoms with Crippen LogP contribution in [0.1, 0.15) is 22.6 Å². The number of hydrogen-bond acceptors (Lipinski definition) is 18. The van der Waals surface area contributed by atoms with Crippen LogP contribution in [0.2, 0.25) is 0 Å². The number of aliphatic hydroxyl groups excluding tert-OH is 9. The molecule has 2 heterocycles. The third kappa shape index (κ3) is 7.31. The van der Waals surface area contributed by atoms with E-state index in [0.717, 1.165) is 0 Å². The molecule has 0 radical (unpaired) electrons. The van der Waals surface area contributed by atoms with Gasteiger partial charge in [-0.15, -0.1) is 0 Å². The van der Waals surface area contributed by atoms with Crippen LogP contribution in [0, 0.1) is 11.8 Å². The highest BCUT2D eigenvalue weighted by Gasteiger charge is 2.48. The Morgan fingerprint density at radius 2 is 1.17 bits per heavy atom. The van der Waals surface area contributed by atoms with Gasteiger partial charge in [0.15, 0.2) is 29.3 Å².